The molecule has 40 heavy (non-hydrogen) atoms. The minimum absolute atomic E-state index is 0.162. The van der Waals surface area contributed by atoms with Gasteiger partial charge in [-0.25, -0.2) is 14.4 Å². The zero-order chi connectivity index (χ0) is 30.8. The number of nitrogens with one attached hydrogen (secondary N) is 3. The SMILES string of the molecule is CC(C)C[C@@H](NC(=O)[C@H](NC(=O)[C@H](N)Cc1c[nH]c2ccccc12)C(C)C)C(=O)OC(C)(C)C.O=C(O)C(=O)O. The molecular formula is C28H42N4O8. The van der Waals surface area contributed by atoms with Crippen LogP contribution in [-0.2, 0) is 35.1 Å². The van der Waals surface area contributed by atoms with Crippen LogP contribution in [0.25, 0.3) is 10.9 Å². The van der Waals surface area contributed by atoms with Crippen LogP contribution in [0.15, 0.2) is 30.5 Å². The zero-order valence-electron chi connectivity index (χ0n) is 24.1. The topological polar surface area (TPSA) is 201 Å². The average molecular weight is 563 g/mol. The van der Waals surface area contributed by atoms with Crippen molar-refractivity contribution < 1.29 is 38.9 Å². The third kappa shape index (κ3) is 11.4. The summed E-state index contributed by atoms with van der Waals surface area (Å²) in [5, 5.41) is 21.4. The van der Waals surface area contributed by atoms with Crippen molar-refractivity contribution in [3.05, 3.63) is 36.0 Å². The molecule has 7 N–H and O–H groups in total. The Labute approximate surface area is 234 Å². The normalized spacial score (nSPS) is 13.6. The molecule has 12 heteroatoms. The molecule has 0 saturated carbocycles. The number of rotatable bonds is 10. The predicted molar refractivity (Wildman–Crippen MR) is 149 cm³/mol. The smallest absolute Gasteiger partial charge is 0.414 e. The molecule has 0 saturated heterocycles. The number of aliphatic carboxylic acids is 2. The maximum atomic E-state index is 13.1. The van der Waals surface area contributed by atoms with Gasteiger partial charge >= 0.3 is 17.9 Å². The monoisotopic (exact) mass is 562 g/mol. The van der Waals surface area contributed by atoms with E-state index in [1.807, 2.05) is 58.2 Å². The number of esters is 1. The summed E-state index contributed by atoms with van der Waals surface area (Å²) >= 11 is 0. The Bertz CT molecular complexity index is 1170. The fraction of sp³-hybridized carbons (Fsp3) is 0.536. The van der Waals surface area contributed by atoms with Crippen molar-refractivity contribution in [2.75, 3.05) is 0 Å². The van der Waals surface area contributed by atoms with E-state index < -0.39 is 53.4 Å². The molecule has 12 nitrogen and oxygen atoms in total. The van der Waals surface area contributed by atoms with E-state index in [0.29, 0.717) is 12.8 Å². The summed E-state index contributed by atoms with van der Waals surface area (Å²) in [6.45, 7) is 13.0. The summed E-state index contributed by atoms with van der Waals surface area (Å²) in [5.41, 5.74) is 7.44. The molecule has 0 aliphatic rings. The van der Waals surface area contributed by atoms with Gasteiger partial charge in [-0.15, -0.1) is 0 Å². The number of carboxylic acids is 2. The molecule has 2 aromatic rings. The van der Waals surface area contributed by atoms with Crippen LogP contribution < -0.4 is 16.4 Å². The van der Waals surface area contributed by atoms with E-state index in [0.717, 1.165) is 16.5 Å². The number of amides is 2. The molecule has 0 aliphatic heterocycles. The highest BCUT2D eigenvalue weighted by atomic mass is 16.6. The lowest BCUT2D eigenvalue weighted by Crippen LogP contribution is -2.57. The third-order valence-corrected chi connectivity index (χ3v) is 5.60. The van der Waals surface area contributed by atoms with E-state index in [1.54, 1.807) is 20.8 Å². The standard InChI is InChI=1S/C26H40N4O4.C2H2O4/c1-15(2)12-21(25(33)34-26(5,6)7)29-24(32)22(16(3)4)30-23(31)19(27)13-17-14-28-20-11-9-8-10-18(17)20;3-1(4)2(5)6/h8-11,14-16,19,21-22,28H,12-13,27H2,1-7H3,(H,29,32)(H,30,31);(H,3,4)(H,5,6)/t19-,21-,22-;/m1./s1. The van der Waals surface area contributed by atoms with E-state index in [9.17, 15) is 14.4 Å². The Morgan fingerprint density at radius 3 is 2.02 bits per heavy atom. The van der Waals surface area contributed by atoms with Crippen LogP contribution in [0.1, 0.15) is 60.5 Å². The van der Waals surface area contributed by atoms with Gasteiger partial charge in [-0.2, -0.15) is 0 Å². The number of carboxylic acid groups (broad SMARTS) is 2. The van der Waals surface area contributed by atoms with Gasteiger partial charge in [0.05, 0.1) is 6.04 Å². The lowest BCUT2D eigenvalue weighted by Gasteiger charge is -2.28. The first-order valence-electron chi connectivity index (χ1n) is 13.0. The number of fused-ring (bicyclic) bond motifs is 1. The highest BCUT2D eigenvalue weighted by Gasteiger charge is 2.32. The quantitative estimate of drug-likeness (QED) is 0.185. The molecule has 0 spiro atoms. The second-order valence-corrected chi connectivity index (χ2v) is 11.2. The first-order valence-corrected chi connectivity index (χ1v) is 13.0. The van der Waals surface area contributed by atoms with Crippen LogP contribution in [0.5, 0.6) is 0 Å². The molecule has 3 atom stereocenters. The van der Waals surface area contributed by atoms with Crippen molar-refractivity contribution in [1.29, 1.82) is 0 Å². The highest BCUT2D eigenvalue weighted by Crippen LogP contribution is 2.19. The van der Waals surface area contributed by atoms with Crippen LogP contribution >= 0.6 is 0 Å². The maximum absolute atomic E-state index is 13.1. The molecule has 0 fully saturated rings. The number of ether oxygens (including phenoxy) is 1. The second-order valence-electron chi connectivity index (χ2n) is 11.2. The molecular weight excluding hydrogens is 520 g/mol. The first kappa shape index (κ1) is 34.1. The van der Waals surface area contributed by atoms with Crippen LogP contribution in [0.2, 0.25) is 0 Å². The van der Waals surface area contributed by atoms with E-state index >= 15 is 0 Å². The number of H-pyrrole nitrogens is 1. The van der Waals surface area contributed by atoms with Gasteiger partial charge in [-0.1, -0.05) is 45.9 Å². The van der Waals surface area contributed by atoms with Crippen LogP contribution in [0.3, 0.4) is 0 Å². The number of nitrogens with two attached hydrogens (primary N) is 1. The summed E-state index contributed by atoms with van der Waals surface area (Å²) in [6, 6.07) is 5.34. The third-order valence-electron chi connectivity index (χ3n) is 5.60. The summed E-state index contributed by atoms with van der Waals surface area (Å²) in [7, 11) is 0. The molecule has 2 rings (SSSR count). The number of aromatic amines is 1. The van der Waals surface area contributed by atoms with Crippen molar-refractivity contribution in [2.24, 2.45) is 17.6 Å². The minimum atomic E-state index is -1.82. The Morgan fingerprint density at radius 1 is 0.950 bits per heavy atom. The lowest BCUT2D eigenvalue weighted by atomic mass is 9.99. The van der Waals surface area contributed by atoms with Gasteiger partial charge in [0.25, 0.3) is 0 Å². The summed E-state index contributed by atoms with van der Waals surface area (Å²) in [4.78, 5) is 60.1. The molecule has 0 radical (unpaired) electrons. The number of para-hydroxylation sites is 1. The van der Waals surface area contributed by atoms with E-state index in [1.165, 1.54) is 0 Å². The minimum Gasteiger partial charge on any atom is -0.473 e. The Kier molecular flexibility index (Phi) is 12.8. The maximum Gasteiger partial charge on any atom is 0.414 e. The fourth-order valence-electron chi connectivity index (χ4n) is 3.75. The van der Waals surface area contributed by atoms with Gasteiger partial charge in [-0.05, 0) is 57.1 Å². The van der Waals surface area contributed by atoms with E-state index in [2.05, 4.69) is 15.6 Å². The molecule has 2 amide bonds. The van der Waals surface area contributed by atoms with Gasteiger partial charge in [-0.3, -0.25) is 9.59 Å². The fourth-order valence-corrected chi connectivity index (χ4v) is 3.75. The number of carbonyl (C=O) groups excluding carboxylic acids is 3. The summed E-state index contributed by atoms with van der Waals surface area (Å²) < 4.78 is 5.49. The Morgan fingerprint density at radius 2 is 1.52 bits per heavy atom. The number of aromatic nitrogens is 1. The number of hydrogen-bond acceptors (Lipinski definition) is 7. The lowest BCUT2D eigenvalue weighted by molar-refractivity contribution is -0.159. The second kappa shape index (κ2) is 15.0. The molecule has 0 unspecified atom stereocenters. The van der Waals surface area contributed by atoms with Crippen molar-refractivity contribution in [3.63, 3.8) is 0 Å². The van der Waals surface area contributed by atoms with Crippen LogP contribution in [0.4, 0.5) is 0 Å². The molecule has 0 bridgehead atoms. The van der Waals surface area contributed by atoms with Crippen molar-refractivity contribution in [1.82, 2.24) is 15.6 Å². The molecule has 1 aromatic heterocycles. The molecule has 1 aromatic carbocycles. The number of carbonyl (C=O) groups is 5. The number of benzene rings is 1. The largest absolute Gasteiger partial charge is 0.473 e. The number of hydrogen-bond donors (Lipinski definition) is 6. The van der Waals surface area contributed by atoms with Gasteiger partial charge in [0, 0.05) is 17.1 Å². The average Bonchev–Trinajstić information content (AvgIpc) is 3.23. The van der Waals surface area contributed by atoms with Crippen molar-refractivity contribution >= 4 is 40.6 Å². The van der Waals surface area contributed by atoms with Gasteiger partial charge in [0.1, 0.15) is 17.7 Å². The molecule has 0 aliphatic carbocycles. The van der Waals surface area contributed by atoms with Gasteiger partial charge < -0.3 is 36.3 Å². The molecule has 222 valence electrons. The Balaban J connectivity index is 0.00000120. The van der Waals surface area contributed by atoms with Crippen molar-refractivity contribution in [3.8, 4) is 0 Å². The van der Waals surface area contributed by atoms with Gasteiger partial charge in [0.15, 0.2) is 0 Å². The van der Waals surface area contributed by atoms with Crippen LogP contribution in [-0.4, -0.2) is 68.6 Å². The molecule has 1 heterocycles. The van der Waals surface area contributed by atoms with E-state index in [4.69, 9.17) is 30.3 Å². The summed E-state index contributed by atoms with van der Waals surface area (Å²) in [6.07, 6.45) is 2.61. The van der Waals surface area contributed by atoms with E-state index in [-0.39, 0.29) is 11.8 Å². The predicted octanol–water partition coefficient (Wildman–Crippen LogP) is 2.21. The summed E-state index contributed by atoms with van der Waals surface area (Å²) in [5.74, 6) is -5.03. The van der Waals surface area contributed by atoms with Gasteiger partial charge in [0.2, 0.25) is 11.8 Å². The Hall–Kier alpha value is -3.93. The highest BCUT2D eigenvalue weighted by molar-refractivity contribution is 6.27. The first-order chi connectivity index (χ1) is 18.4. The van der Waals surface area contributed by atoms with Crippen LogP contribution in [0, 0.1) is 11.8 Å². The zero-order valence-corrected chi connectivity index (χ0v) is 24.1. The van der Waals surface area contributed by atoms with Crippen molar-refractivity contribution in [2.45, 2.75) is 85.0 Å².